The first-order chi connectivity index (χ1) is 19.5. The fourth-order valence-corrected chi connectivity index (χ4v) is 6.67. The summed E-state index contributed by atoms with van der Waals surface area (Å²) in [4.78, 5) is 9.94. The van der Waals surface area contributed by atoms with Gasteiger partial charge in [-0.25, -0.2) is 4.98 Å². The highest BCUT2D eigenvalue weighted by molar-refractivity contribution is 5.69. The Labute approximate surface area is 251 Å². The third kappa shape index (κ3) is 7.90. The Morgan fingerprint density at radius 3 is 1.71 bits per heavy atom. The predicted molar refractivity (Wildman–Crippen MR) is 177 cm³/mol. The number of imidazole rings is 1. The average Bonchev–Trinajstić information content (AvgIpc) is 3.61. The number of piperazine rings is 1. The highest BCUT2D eigenvalue weighted by Crippen LogP contribution is 2.34. The van der Waals surface area contributed by atoms with Gasteiger partial charge >= 0.3 is 0 Å². The van der Waals surface area contributed by atoms with E-state index >= 15 is 0 Å². The second-order valence-electron chi connectivity index (χ2n) is 13.7. The summed E-state index contributed by atoms with van der Waals surface area (Å²) in [7, 11) is 2.09. The molecule has 1 aliphatic heterocycles. The molecule has 0 N–H and O–H groups in total. The van der Waals surface area contributed by atoms with Crippen LogP contribution in [0.4, 0.5) is 0 Å². The second-order valence-corrected chi connectivity index (χ2v) is 13.7. The molecular weight excluding hydrogens is 500 g/mol. The molecule has 1 aromatic heterocycles. The first-order valence-corrected chi connectivity index (χ1v) is 16.3. The second kappa shape index (κ2) is 14.2. The summed E-state index contributed by atoms with van der Waals surface area (Å²) in [5, 5.41) is 0. The SMILES string of the molecule is CC(C)C1CCC(N2CCN(C(C)C)CC2)C1.CC(C)c1ccc(-c2ccc(-c3cnc(C(C)C)n3C)cc2)cc1. The lowest BCUT2D eigenvalue weighted by molar-refractivity contribution is 0.0778. The summed E-state index contributed by atoms with van der Waals surface area (Å²) in [5.74, 6) is 4.00. The quantitative estimate of drug-likeness (QED) is 0.290. The lowest BCUT2D eigenvalue weighted by atomic mass is 9.94. The van der Waals surface area contributed by atoms with Gasteiger partial charge in [-0.3, -0.25) is 9.80 Å². The third-order valence-corrected chi connectivity index (χ3v) is 9.62. The van der Waals surface area contributed by atoms with Gasteiger partial charge in [-0.2, -0.15) is 0 Å². The predicted octanol–water partition coefficient (Wildman–Crippen LogP) is 8.84. The van der Waals surface area contributed by atoms with Crippen molar-refractivity contribution in [3.63, 3.8) is 0 Å². The zero-order valence-corrected chi connectivity index (χ0v) is 27.4. The van der Waals surface area contributed by atoms with E-state index in [1.54, 1.807) is 0 Å². The molecule has 2 fully saturated rings. The normalized spacial score (nSPS) is 20.3. The highest BCUT2D eigenvalue weighted by Gasteiger charge is 2.32. The summed E-state index contributed by atoms with van der Waals surface area (Å²) in [5.41, 5.74) is 6.27. The van der Waals surface area contributed by atoms with E-state index in [-0.39, 0.29) is 0 Å². The minimum atomic E-state index is 0.433. The molecule has 5 rings (SSSR count). The van der Waals surface area contributed by atoms with Gasteiger partial charge in [-0.1, -0.05) is 90.1 Å². The van der Waals surface area contributed by atoms with Gasteiger partial charge in [0.2, 0.25) is 0 Å². The molecule has 4 nitrogen and oxygen atoms in total. The Kier molecular flexibility index (Phi) is 10.9. The topological polar surface area (TPSA) is 24.3 Å². The molecular formula is C37H56N4. The van der Waals surface area contributed by atoms with Crippen molar-refractivity contribution in [1.29, 1.82) is 0 Å². The molecule has 2 aromatic carbocycles. The van der Waals surface area contributed by atoms with Crippen LogP contribution in [0.15, 0.2) is 54.7 Å². The van der Waals surface area contributed by atoms with Crippen LogP contribution in [0.5, 0.6) is 0 Å². The number of nitrogens with zero attached hydrogens (tertiary/aromatic N) is 4. The van der Waals surface area contributed by atoms with Crippen molar-refractivity contribution in [2.75, 3.05) is 26.2 Å². The van der Waals surface area contributed by atoms with E-state index in [0.717, 1.165) is 29.7 Å². The summed E-state index contributed by atoms with van der Waals surface area (Å²) < 4.78 is 2.19. The third-order valence-electron chi connectivity index (χ3n) is 9.62. The van der Waals surface area contributed by atoms with Crippen LogP contribution in [0.3, 0.4) is 0 Å². The molecule has 0 bridgehead atoms. The molecule has 41 heavy (non-hydrogen) atoms. The van der Waals surface area contributed by atoms with Gasteiger partial charge < -0.3 is 4.57 Å². The summed E-state index contributed by atoms with van der Waals surface area (Å²) in [6.45, 7) is 23.4. The fourth-order valence-electron chi connectivity index (χ4n) is 6.67. The number of benzene rings is 2. The highest BCUT2D eigenvalue weighted by atomic mass is 15.3. The van der Waals surface area contributed by atoms with Crippen molar-refractivity contribution in [2.24, 2.45) is 18.9 Å². The van der Waals surface area contributed by atoms with Gasteiger partial charge in [-0.05, 0) is 73.1 Å². The maximum Gasteiger partial charge on any atom is 0.111 e. The molecule has 1 aliphatic carbocycles. The zero-order chi connectivity index (χ0) is 29.7. The Bertz CT molecular complexity index is 1190. The Hall–Kier alpha value is -2.43. The summed E-state index contributed by atoms with van der Waals surface area (Å²) >= 11 is 0. The molecule has 2 aliphatic rings. The standard InChI is InChI=1S/C22H26N2.C15H30N2/c1-15(2)17-6-8-18(9-7-17)19-10-12-20(13-11-19)21-14-23-22(16(3)4)24(21)5;1-12(2)14-5-6-15(11-14)17-9-7-16(8-10-17)13(3)4/h6-16H,1-5H3;12-15H,5-11H2,1-4H3. The first kappa shape index (κ1) is 31.5. The van der Waals surface area contributed by atoms with Crippen LogP contribution in [-0.4, -0.2) is 57.6 Å². The Morgan fingerprint density at radius 2 is 1.24 bits per heavy atom. The molecule has 2 heterocycles. The minimum Gasteiger partial charge on any atom is -0.331 e. The van der Waals surface area contributed by atoms with E-state index in [0.29, 0.717) is 11.8 Å². The lowest BCUT2D eigenvalue weighted by Gasteiger charge is -2.40. The summed E-state index contributed by atoms with van der Waals surface area (Å²) in [6, 6.07) is 19.3. The lowest BCUT2D eigenvalue weighted by Crippen LogP contribution is -2.51. The molecule has 1 saturated heterocycles. The molecule has 0 amide bonds. The zero-order valence-electron chi connectivity index (χ0n) is 27.4. The van der Waals surface area contributed by atoms with Crippen molar-refractivity contribution >= 4 is 0 Å². The van der Waals surface area contributed by atoms with Crippen LogP contribution >= 0.6 is 0 Å². The van der Waals surface area contributed by atoms with E-state index < -0.39 is 0 Å². The number of aromatic nitrogens is 2. The van der Waals surface area contributed by atoms with Crippen LogP contribution in [0, 0.1) is 11.8 Å². The molecule has 224 valence electrons. The van der Waals surface area contributed by atoms with E-state index in [1.165, 1.54) is 73.4 Å². The van der Waals surface area contributed by atoms with Crippen LogP contribution in [0.25, 0.3) is 22.4 Å². The van der Waals surface area contributed by atoms with E-state index in [1.807, 2.05) is 6.20 Å². The monoisotopic (exact) mass is 556 g/mol. The molecule has 2 atom stereocenters. The van der Waals surface area contributed by atoms with Gasteiger partial charge in [0, 0.05) is 51.2 Å². The van der Waals surface area contributed by atoms with Crippen molar-refractivity contribution in [3.05, 3.63) is 66.1 Å². The first-order valence-electron chi connectivity index (χ1n) is 16.3. The van der Waals surface area contributed by atoms with E-state index in [9.17, 15) is 0 Å². The van der Waals surface area contributed by atoms with Crippen LogP contribution < -0.4 is 0 Å². The van der Waals surface area contributed by atoms with Gasteiger partial charge in [-0.15, -0.1) is 0 Å². The van der Waals surface area contributed by atoms with Gasteiger partial charge in [0.15, 0.2) is 0 Å². The largest absolute Gasteiger partial charge is 0.331 e. The number of rotatable bonds is 7. The van der Waals surface area contributed by atoms with Crippen molar-refractivity contribution in [2.45, 2.75) is 98.6 Å². The van der Waals surface area contributed by atoms with E-state index in [4.69, 9.17) is 0 Å². The Morgan fingerprint density at radius 1 is 0.683 bits per heavy atom. The van der Waals surface area contributed by atoms with Crippen LogP contribution in [0.2, 0.25) is 0 Å². The molecule has 4 heteroatoms. The number of hydrogen-bond donors (Lipinski definition) is 0. The van der Waals surface area contributed by atoms with Crippen LogP contribution in [-0.2, 0) is 7.05 Å². The van der Waals surface area contributed by atoms with Crippen molar-refractivity contribution < 1.29 is 0 Å². The van der Waals surface area contributed by atoms with Crippen molar-refractivity contribution in [1.82, 2.24) is 19.4 Å². The van der Waals surface area contributed by atoms with Gasteiger partial charge in [0.25, 0.3) is 0 Å². The Balaban J connectivity index is 0.000000201. The average molecular weight is 557 g/mol. The number of hydrogen-bond acceptors (Lipinski definition) is 3. The fraction of sp³-hybridized carbons (Fsp3) is 0.595. The molecule has 3 aromatic rings. The molecule has 0 radical (unpaired) electrons. The maximum absolute atomic E-state index is 4.56. The molecule has 0 spiro atoms. The van der Waals surface area contributed by atoms with Gasteiger partial charge in [0.1, 0.15) is 5.82 Å². The minimum absolute atomic E-state index is 0.433. The van der Waals surface area contributed by atoms with Crippen molar-refractivity contribution in [3.8, 4) is 22.4 Å². The summed E-state index contributed by atoms with van der Waals surface area (Å²) in [6.07, 6.45) is 6.35. The molecule has 2 unspecified atom stereocenters. The van der Waals surface area contributed by atoms with E-state index in [2.05, 4.69) is 130 Å². The smallest absolute Gasteiger partial charge is 0.111 e. The van der Waals surface area contributed by atoms with Crippen LogP contribution in [0.1, 0.15) is 97.9 Å². The molecule has 1 saturated carbocycles. The van der Waals surface area contributed by atoms with Gasteiger partial charge in [0.05, 0.1) is 11.9 Å². The maximum atomic E-state index is 4.56.